The first-order valence-corrected chi connectivity index (χ1v) is 5.00. The number of hydrogen-bond acceptors (Lipinski definition) is 3. The van der Waals surface area contributed by atoms with E-state index in [1.807, 2.05) is 11.9 Å². The van der Waals surface area contributed by atoms with Crippen molar-refractivity contribution in [1.29, 1.82) is 0 Å². The Morgan fingerprint density at radius 2 is 2.00 bits per heavy atom. The minimum absolute atomic E-state index is 0.0401. The Morgan fingerprint density at radius 3 is 2.44 bits per heavy atom. The van der Waals surface area contributed by atoms with E-state index in [1.54, 1.807) is 12.1 Å². The molecule has 0 aliphatic carbocycles. The zero-order chi connectivity index (χ0) is 11.7. The van der Waals surface area contributed by atoms with Gasteiger partial charge in [0.25, 0.3) is 6.43 Å². The van der Waals surface area contributed by atoms with Crippen LogP contribution in [0.25, 0.3) is 0 Å². The lowest BCUT2D eigenvalue weighted by Crippen LogP contribution is -2.32. The maximum absolute atomic E-state index is 12.4. The number of guanidine groups is 1. The van der Waals surface area contributed by atoms with Gasteiger partial charge in [-0.3, -0.25) is 4.99 Å². The van der Waals surface area contributed by atoms with Crippen molar-refractivity contribution in [2.75, 3.05) is 13.6 Å². The second-order valence-corrected chi connectivity index (χ2v) is 3.79. The molecule has 0 amide bonds. The van der Waals surface area contributed by atoms with Crippen LogP contribution in [0.15, 0.2) is 29.3 Å². The van der Waals surface area contributed by atoms with Crippen LogP contribution in [0, 0.1) is 0 Å². The summed E-state index contributed by atoms with van der Waals surface area (Å²) in [7, 11) is 1.84. The Hall–Kier alpha value is -1.65. The number of nitrogens with zero attached hydrogens (tertiary/aromatic N) is 2. The van der Waals surface area contributed by atoms with Gasteiger partial charge >= 0.3 is 0 Å². The van der Waals surface area contributed by atoms with Crippen LogP contribution in [0.5, 0.6) is 0 Å². The van der Waals surface area contributed by atoms with E-state index in [2.05, 4.69) is 4.99 Å². The molecule has 0 radical (unpaired) electrons. The van der Waals surface area contributed by atoms with Crippen molar-refractivity contribution in [2.45, 2.75) is 12.5 Å². The second-order valence-electron chi connectivity index (χ2n) is 3.79. The Morgan fingerprint density at radius 1 is 1.38 bits per heavy atom. The van der Waals surface area contributed by atoms with E-state index in [0.717, 1.165) is 5.56 Å². The molecule has 86 valence electrons. The number of rotatable bonds is 2. The quantitative estimate of drug-likeness (QED) is 0.835. The minimum atomic E-state index is -2.42. The monoisotopic (exact) mass is 225 g/mol. The van der Waals surface area contributed by atoms with Crippen LogP contribution in [-0.4, -0.2) is 24.5 Å². The highest BCUT2D eigenvalue weighted by Gasteiger charge is 2.23. The Labute approximate surface area is 92.6 Å². The number of halogens is 2. The van der Waals surface area contributed by atoms with Gasteiger partial charge in [-0.2, -0.15) is 0 Å². The minimum Gasteiger partial charge on any atom is -0.370 e. The van der Waals surface area contributed by atoms with Crippen LogP contribution in [-0.2, 0) is 0 Å². The van der Waals surface area contributed by atoms with E-state index in [-0.39, 0.29) is 11.6 Å². The topological polar surface area (TPSA) is 41.6 Å². The molecular weight excluding hydrogens is 212 g/mol. The summed E-state index contributed by atoms with van der Waals surface area (Å²) in [6.07, 6.45) is -2.42. The summed E-state index contributed by atoms with van der Waals surface area (Å²) in [5.74, 6) is 0.489. The summed E-state index contributed by atoms with van der Waals surface area (Å²) >= 11 is 0. The number of alkyl halides is 2. The van der Waals surface area contributed by atoms with E-state index in [4.69, 9.17) is 5.73 Å². The predicted molar refractivity (Wildman–Crippen MR) is 58.4 cm³/mol. The highest BCUT2D eigenvalue weighted by Crippen LogP contribution is 2.26. The lowest BCUT2D eigenvalue weighted by molar-refractivity contribution is 0.151. The van der Waals surface area contributed by atoms with Crippen molar-refractivity contribution in [3.05, 3.63) is 35.4 Å². The molecule has 0 saturated carbocycles. The molecule has 1 unspecified atom stereocenters. The van der Waals surface area contributed by atoms with Crippen molar-refractivity contribution in [3.63, 3.8) is 0 Å². The van der Waals surface area contributed by atoms with Crippen LogP contribution < -0.4 is 5.73 Å². The van der Waals surface area contributed by atoms with Crippen molar-refractivity contribution in [1.82, 2.24) is 4.90 Å². The van der Waals surface area contributed by atoms with Crippen LogP contribution in [0.3, 0.4) is 0 Å². The molecule has 0 aromatic heterocycles. The highest BCUT2D eigenvalue weighted by atomic mass is 19.3. The van der Waals surface area contributed by atoms with Gasteiger partial charge in [-0.15, -0.1) is 0 Å². The number of benzene rings is 1. The van der Waals surface area contributed by atoms with Gasteiger partial charge in [0, 0.05) is 12.6 Å². The number of nitrogens with two attached hydrogens (primary N) is 1. The molecule has 1 aromatic rings. The first kappa shape index (κ1) is 10.9. The fraction of sp³-hybridized carbons (Fsp3) is 0.364. The number of likely N-dealkylation sites (N-methyl/N-ethyl adjacent to an activating group) is 1. The van der Waals surface area contributed by atoms with Gasteiger partial charge in [0.2, 0.25) is 0 Å². The van der Waals surface area contributed by atoms with Crippen molar-refractivity contribution in [3.8, 4) is 0 Å². The van der Waals surface area contributed by atoms with Gasteiger partial charge in [0.15, 0.2) is 5.96 Å². The lowest BCUT2D eigenvalue weighted by Gasteiger charge is -2.21. The van der Waals surface area contributed by atoms with Gasteiger partial charge in [-0.25, -0.2) is 8.78 Å². The van der Waals surface area contributed by atoms with Gasteiger partial charge in [0.1, 0.15) is 0 Å². The van der Waals surface area contributed by atoms with Crippen LogP contribution in [0.4, 0.5) is 8.78 Å². The predicted octanol–water partition coefficient (Wildman–Crippen LogP) is 1.93. The largest absolute Gasteiger partial charge is 0.370 e. The summed E-state index contributed by atoms with van der Waals surface area (Å²) in [5.41, 5.74) is 6.63. The van der Waals surface area contributed by atoms with Crippen molar-refractivity contribution in [2.24, 2.45) is 10.7 Å². The lowest BCUT2D eigenvalue weighted by atomic mass is 10.0. The molecule has 1 aliphatic heterocycles. The van der Waals surface area contributed by atoms with E-state index < -0.39 is 6.43 Å². The summed E-state index contributed by atoms with van der Waals surface area (Å²) in [6, 6.07) is 6.37. The number of hydrogen-bond donors (Lipinski definition) is 1. The van der Waals surface area contributed by atoms with Crippen LogP contribution in [0.1, 0.15) is 23.6 Å². The highest BCUT2D eigenvalue weighted by molar-refractivity contribution is 5.80. The average molecular weight is 225 g/mol. The zero-order valence-electron chi connectivity index (χ0n) is 8.90. The van der Waals surface area contributed by atoms with E-state index in [1.165, 1.54) is 12.1 Å². The summed E-state index contributed by atoms with van der Waals surface area (Å²) in [4.78, 5) is 5.95. The maximum Gasteiger partial charge on any atom is 0.263 e. The van der Waals surface area contributed by atoms with E-state index >= 15 is 0 Å². The molecule has 1 heterocycles. The van der Waals surface area contributed by atoms with E-state index in [0.29, 0.717) is 12.5 Å². The molecule has 0 spiro atoms. The van der Waals surface area contributed by atoms with Crippen molar-refractivity contribution >= 4 is 5.96 Å². The third-order valence-corrected chi connectivity index (χ3v) is 2.83. The third kappa shape index (κ3) is 1.85. The van der Waals surface area contributed by atoms with Crippen LogP contribution >= 0.6 is 0 Å². The first-order valence-electron chi connectivity index (χ1n) is 5.00. The molecule has 3 nitrogen and oxygen atoms in total. The molecule has 16 heavy (non-hydrogen) atoms. The smallest absolute Gasteiger partial charge is 0.263 e. The molecule has 2 rings (SSSR count). The molecule has 1 aliphatic rings. The maximum atomic E-state index is 12.4. The second kappa shape index (κ2) is 4.08. The van der Waals surface area contributed by atoms with Gasteiger partial charge in [-0.05, 0) is 5.56 Å². The van der Waals surface area contributed by atoms with Gasteiger partial charge in [0.05, 0.1) is 12.6 Å². The molecular formula is C11H13F2N3. The number of aliphatic imine (C=N–C) groups is 1. The fourth-order valence-corrected chi connectivity index (χ4v) is 1.77. The van der Waals surface area contributed by atoms with Gasteiger partial charge in [-0.1, -0.05) is 24.3 Å². The van der Waals surface area contributed by atoms with E-state index in [9.17, 15) is 8.78 Å². The molecule has 0 saturated heterocycles. The van der Waals surface area contributed by atoms with Crippen LogP contribution in [0.2, 0.25) is 0 Å². The molecule has 0 bridgehead atoms. The fourth-order valence-electron chi connectivity index (χ4n) is 1.77. The Balaban J connectivity index is 2.17. The summed E-state index contributed by atoms with van der Waals surface area (Å²) < 4.78 is 24.7. The first-order chi connectivity index (χ1) is 7.59. The molecule has 5 heteroatoms. The molecule has 1 atom stereocenters. The average Bonchev–Trinajstić information content (AvgIpc) is 2.60. The summed E-state index contributed by atoms with van der Waals surface area (Å²) in [5, 5.41) is 0. The molecule has 0 fully saturated rings. The Bertz CT molecular complexity index is 400. The van der Waals surface area contributed by atoms with Gasteiger partial charge < -0.3 is 10.6 Å². The SMILES string of the molecule is CN1C(N)=NCC1c1ccc(C(F)F)cc1. The normalized spacial score (nSPS) is 20.4. The Kier molecular flexibility index (Phi) is 2.77. The third-order valence-electron chi connectivity index (χ3n) is 2.83. The molecule has 2 N–H and O–H groups in total. The van der Waals surface area contributed by atoms with Crippen molar-refractivity contribution < 1.29 is 8.78 Å². The summed E-state index contributed by atoms with van der Waals surface area (Å²) in [6.45, 7) is 0.580. The molecule has 1 aromatic carbocycles. The standard InChI is InChI=1S/C11H13F2N3/c1-16-9(6-15-11(16)14)7-2-4-8(5-3-7)10(12)13/h2-5,9-10H,6H2,1H3,(H2,14,15). The zero-order valence-corrected chi connectivity index (χ0v) is 8.90.